The first-order valence-corrected chi connectivity index (χ1v) is 7.24. The lowest BCUT2D eigenvalue weighted by Gasteiger charge is -2.17. The molecule has 2 heterocycles. The van der Waals surface area contributed by atoms with E-state index in [4.69, 9.17) is 5.73 Å². The summed E-state index contributed by atoms with van der Waals surface area (Å²) in [6.07, 6.45) is -3.53. The zero-order valence-corrected chi connectivity index (χ0v) is 12.4. The van der Waals surface area contributed by atoms with Gasteiger partial charge in [0.2, 0.25) is 0 Å². The Morgan fingerprint density at radius 2 is 2.00 bits per heavy atom. The minimum absolute atomic E-state index is 0.182. The van der Waals surface area contributed by atoms with E-state index in [1.165, 1.54) is 17.0 Å². The molecular weight excluding hydrogens is 328 g/mol. The molecule has 1 aromatic heterocycles. The van der Waals surface area contributed by atoms with Gasteiger partial charge in [0.1, 0.15) is 11.5 Å². The Kier molecular flexibility index (Phi) is 4.04. The van der Waals surface area contributed by atoms with Crippen molar-refractivity contribution in [3.8, 4) is 5.69 Å². The van der Waals surface area contributed by atoms with E-state index in [-0.39, 0.29) is 24.8 Å². The van der Waals surface area contributed by atoms with Crippen LogP contribution >= 0.6 is 0 Å². The van der Waals surface area contributed by atoms with E-state index in [9.17, 15) is 22.4 Å². The third-order valence-electron chi connectivity index (χ3n) is 3.86. The van der Waals surface area contributed by atoms with E-state index in [1.54, 1.807) is 0 Å². The first-order chi connectivity index (χ1) is 11.3. The normalized spacial score (nSPS) is 18.2. The molecule has 1 aliphatic heterocycles. The number of likely N-dealkylation sites (tertiary alicyclic amines) is 1. The maximum Gasteiger partial charge on any atom is 0.434 e. The Hall–Kier alpha value is -2.42. The van der Waals surface area contributed by atoms with E-state index < -0.39 is 29.2 Å². The predicted octanol–water partition coefficient (Wildman–Crippen LogP) is 2.20. The van der Waals surface area contributed by atoms with Crippen LogP contribution in [0.15, 0.2) is 30.5 Å². The van der Waals surface area contributed by atoms with Gasteiger partial charge in [0.05, 0.1) is 11.8 Å². The summed E-state index contributed by atoms with van der Waals surface area (Å²) in [6, 6.07) is 4.68. The van der Waals surface area contributed by atoms with Gasteiger partial charge in [-0.25, -0.2) is 9.07 Å². The van der Waals surface area contributed by atoms with Crippen molar-refractivity contribution in [3.05, 3.63) is 47.5 Å². The molecule has 0 spiro atoms. The number of carbonyl (C=O) groups is 1. The van der Waals surface area contributed by atoms with E-state index in [2.05, 4.69) is 5.10 Å². The number of para-hydroxylation sites is 1. The number of aromatic nitrogens is 2. The number of benzene rings is 1. The largest absolute Gasteiger partial charge is 0.434 e. The molecule has 1 atom stereocenters. The van der Waals surface area contributed by atoms with Crippen molar-refractivity contribution in [1.82, 2.24) is 14.7 Å². The maximum atomic E-state index is 13.9. The maximum absolute atomic E-state index is 13.9. The Balaban J connectivity index is 2.09. The van der Waals surface area contributed by atoms with Gasteiger partial charge in [-0.15, -0.1) is 0 Å². The van der Waals surface area contributed by atoms with Gasteiger partial charge in [0.25, 0.3) is 5.91 Å². The van der Waals surface area contributed by atoms with Crippen molar-refractivity contribution >= 4 is 5.91 Å². The van der Waals surface area contributed by atoms with Crippen LogP contribution in [-0.4, -0.2) is 39.7 Å². The summed E-state index contributed by atoms with van der Waals surface area (Å²) in [6.45, 7) is 0.461. The van der Waals surface area contributed by atoms with Crippen molar-refractivity contribution in [3.63, 3.8) is 0 Å². The molecule has 0 aliphatic carbocycles. The van der Waals surface area contributed by atoms with Crippen molar-refractivity contribution in [2.75, 3.05) is 13.1 Å². The summed E-state index contributed by atoms with van der Waals surface area (Å²) in [5.74, 6) is -1.67. The summed E-state index contributed by atoms with van der Waals surface area (Å²) in [7, 11) is 0. The Bertz CT molecular complexity index is 771. The number of nitrogens with zero attached hydrogens (tertiary/aromatic N) is 3. The Morgan fingerprint density at radius 1 is 1.29 bits per heavy atom. The highest BCUT2D eigenvalue weighted by Crippen LogP contribution is 2.35. The zero-order valence-electron chi connectivity index (χ0n) is 12.4. The van der Waals surface area contributed by atoms with Crippen LogP contribution in [0.25, 0.3) is 5.69 Å². The molecule has 2 aromatic rings. The highest BCUT2D eigenvalue weighted by atomic mass is 19.4. The van der Waals surface area contributed by atoms with Crippen LogP contribution in [0.3, 0.4) is 0 Å². The summed E-state index contributed by atoms with van der Waals surface area (Å²) in [5.41, 5.74) is 3.42. The topological polar surface area (TPSA) is 64.2 Å². The molecule has 5 nitrogen and oxygen atoms in total. The number of amides is 1. The van der Waals surface area contributed by atoms with Crippen molar-refractivity contribution < 1.29 is 22.4 Å². The average Bonchev–Trinajstić information content (AvgIpc) is 3.13. The van der Waals surface area contributed by atoms with Gasteiger partial charge in [-0.1, -0.05) is 12.1 Å². The first-order valence-electron chi connectivity index (χ1n) is 7.24. The zero-order chi connectivity index (χ0) is 17.5. The number of halogens is 4. The van der Waals surface area contributed by atoms with Crippen LogP contribution in [0.1, 0.15) is 22.5 Å². The lowest BCUT2D eigenvalue weighted by Crippen LogP contribution is -2.33. The Labute approximate surface area is 134 Å². The smallest absolute Gasteiger partial charge is 0.337 e. The van der Waals surface area contributed by atoms with Crippen molar-refractivity contribution in [2.24, 2.45) is 5.73 Å². The fourth-order valence-corrected chi connectivity index (χ4v) is 2.73. The lowest BCUT2D eigenvalue weighted by atomic mass is 10.2. The van der Waals surface area contributed by atoms with Gasteiger partial charge in [-0.05, 0) is 18.6 Å². The number of hydrogen-bond donors (Lipinski definition) is 1. The standard InChI is InChI=1S/C15H14F4N4O/c16-11-3-1-2-4-12(11)23-13(15(17,18)19)10(7-21-23)14(24)22-6-5-9(20)8-22/h1-4,7,9H,5-6,8,20H2/t9-/m1/s1. The number of rotatable bonds is 2. The minimum Gasteiger partial charge on any atom is -0.337 e. The van der Waals surface area contributed by atoms with Crippen LogP contribution in [0.5, 0.6) is 0 Å². The highest BCUT2D eigenvalue weighted by Gasteiger charge is 2.42. The first kappa shape index (κ1) is 16.4. The molecule has 1 fully saturated rings. The molecule has 24 heavy (non-hydrogen) atoms. The van der Waals surface area contributed by atoms with Crippen molar-refractivity contribution in [2.45, 2.75) is 18.6 Å². The van der Waals surface area contributed by atoms with Crippen LogP contribution in [0.4, 0.5) is 17.6 Å². The molecule has 1 aliphatic rings. The molecular formula is C15H14F4N4O. The second-order valence-electron chi connectivity index (χ2n) is 5.57. The minimum atomic E-state index is -4.87. The molecule has 3 rings (SSSR count). The van der Waals surface area contributed by atoms with Gasteiger partial charge in [-0.2, -0.15) is 18.3 Å². The monoisotopic (exact) mass is 342 g/mol. The highest BCUT2D eigenvalue weighted by molar-refractivity contribution is 5.95. The summed E-state index contributed by atoms with van der Waals surface area (Å²) in [5, 5.41) is 3.60. The quantitative estimate of drug-likeness (QED) is 0.851. The summed E-state index contributed by atoms with van der Waals surface area (Å²) < 4.78 is 54.8. The third kappa shape index (κ3) is 2.86. The second kappa shape index (κ2) is 5.90. The summed E-state index contributed by atoms with van der Waals surface area (Å²) in [4.78, 5) is 13.7. The third-order valence-corrected chi connectivity index (χ3v) is 3.86. The van der Waals surface area contributed by atoms with Crippen LogP contribution in [0.2, 0.25) is 0 Å². The molecule has 0 saturated carbocycles. The molecule has 0 bridgehead atoms. The van der Waals surface area contributed by atoms with Crippen LogP contribution < -0.4 is 5.73 Å². The van der Waals surface area contributed by atoms with Gasteiger partial charge in [0.15, 0.2) is 5.69 Å². The SMILES string of the molecule is N[C@@H]1CCN(C(=O)c2cnn(-c3ccccc3F)c2C(F)(F)F)C1. The lowest BCUT2D eigenvalue weighted by molar-refractivity contribution is -0.143. The van der Waals surface area contributed by atoms with Gasteiger partial charge in [-0.3, -0.25) is 4.79 Å². The fourth-order valence-electron chi connectivity index (χ4n) is 2.73. The molecule has 0 unspecified atom stereocenters. The molecule has 2 N–H and O–H groups in total. The van der Waals surface area contributed by atoms with Crippen LogP contribution in [0, 0.1) is 5.82 Å². The van der Waals surface area contributed by atoms with Gasteiger partial charge < -0.3 is 10.6 Å². The van der Waals surface area contributed by atoms with E-state index >= 15 is 0 Å². The number of hydrogen-bond acceptors (Lipinski definition) is 3. The second-order valence-corrected chi connectivity index (χ2v) is 5.57. The van der Waals surface area contributed by atoms with Gasteiger partial charge in [0, 0.05) is 19.1 Å². The molecule has 128 valence electrons. The number of carbonyl (C=O) groups excluding carboxylic acids is 1. The van der Waals surface area contributed by atoms with E-state index in [0.717, 1.165) is 18.3 Å². The molecule has 9 heteroatoms. The van der Waals surface area contributed by atoms with Crippen molar-refractivity contribution in [1.29, 1.82) is 0 Å². The molecule has 1 amide bonds. The molecule has 1 saturated heterocycles. The fraction of sp³-hybridized carbons (Fsp3) is 0.333. The number of alkyl halides is 3. The van der Waals surface area contributed by atoms with Gasteiger partial charge >= 0.3 is 6.18 Å². The molecule has 0 radical (unpaired) electrons. The van der Waals surface area contributed by atoms with E-state index in [0.29, 0.717) is 11.1 Å². The Morgan fingerprint density at radius 3 is 2.58 bits per heavy atom. The predicted molar refractivity (Wildman–Crippen MR) is 77.0 cm³/mol. The number of nitrogens with two attached hydrogens (primary N) is 1. The van der Waals surface area contributed by atoms with E-state index in [1.807, 2.05) is 0 Å². The molecule has 1 aromatic carbocycles. The summed E-state index contributed by atoms with van der Waals surface area (Å²) >= 11 is 0. The average molecular weight is 342 g/mol. The van der Waals surface area contributed by atoms with Crippen LogP contribution in [-0.2, 0) is 6.18 Å².